The van der Waals surface area contributed by atoms with Gasteiger partial charge < -0.3 is 4.74 Å². The fraction of sp³-hybridized carbons (Fsp3) is 0.538. The minimum absolute atomic E-state index is 0.178. The molecule has 0 heterocycles. The molecule has 0 fully saturated rings. The Morgan fingerprint density at radius 3 is 2.88 bits per heavy atom. The van der Waals surface area contributed by atoms with Gasteiger partial charge in [-0.15, -0.1) is 0 Å². The first-order valence-electron chi connectivity index (χ1n) is 5.85. The Labute approximate surface area is 98.0 Å². The molecule has 1 atom stereocenters. The zero-order valence-corrected chi connectivity index (χ0v) is 10.2. The van der Waals surface area contributed by atoms with Gasteiger partial charge in [0.2, 0.25) is 0 Å². The second-order valence-electron chi connectivity index (χ2n) is 4.00. The summed E-state index contributed by atoms with van der Waals surface area (Å²) in [6.07, 6.45) is 3.18. The summed E-state index contributed by atoms with van der Waals surface area (Å²) < 4.78 is 5.08. The Bertz CT molecular complexity index is 302. The monoisotopic (exact) mass is 222 g/mol. The predicted octanol–water partition coefficient (Wildman–Crippen LogP) is 2.18. The van der Waals surface area contributed by atoms with Crippen LogP contribution in [-0.4, -0.2) is 13.7 Å². The SMILES string of the molecule is CCCc1cccc(C(CCOC)NN)c1. The molecular weight excluding hydrogens is 200 g/mol. The first-order chi connectivity index (χ1) is 7.81. The molecule has 0 saturated carbocycles. The molecule has 0 aliphatic rings. The van der Waals surface area contributed by atoms with Crippen LogP contribution in [0.15, 0.2) is 24.3 Å². The molecule has 0 aliphatic heterocycles. The highest BCUT2D eigenvalue weighted by molar-refractivity contribution is 5.26. The van der Waals surface area contributed by atoms with E-state index in [4.69, 9.17) is 10.6 Å². The topological polar surface area (TPSA) is 47.3 Å². The summed E-state index contributed by atoms with van der Waals surface area (Å²) in [6.45, 7) is 2.91. The van der Waals surface area contributed by atoms with Gasteiger partial charge >= 0.3 is 0 Å². The van der Waals surface area contributed by atoms with Crippen molar-refractivity contribution < 1.29 is 4.74 Å². The van der Waals surface area contributed by atoms with Gasteiger partial charge in [0.15, 0.2) is 0 Å². The van der Waals surface area contributed by atoms with Crippen molar-refractivity contribution in [2.24, 2.45) is 5.84 Å². The second-order valence-corrected chi connectivity index (χ2v) is 4.00. The van der Waals surface area contributed by atoms with Crippen molar-refractivity contribution >= 4 is 0 Å². The van der Waals surface area contributed by atoms with Gasteiger partial charge in [-0.25, -0.2) is 0 Å². The molecule has 3 heteroatoms. The van der Waals surface area contributed by atoms with Crippen LogP contribution in [0.25, 0.3) is 0 Å². The maximum atomic E-state index is 5.56. The predicted molar refractivity (Wildman–Crippen MR) is 67.0 cm³/mol. The molecule has 0 amide bonds. The van der Waals surface area contributed by atoms with Crippen LogP contribution in [0.5, 0.6) is 0 Å². The van der Waals surface area contributed by atoms with Crippen molar-refractivity contribution in [3.63, 3.8) is 0 Å². The molecule has 1 aromatic carbocycles. The lowest BCUT2D eigenvalue weighted by atomic mass is 10.0. The van der Waals surface area contributed by atoms with E-state index in [9.17, 15) is 0 Å². The fourth-order valence-electron chi connectivity index (χ4n) is 1.84. The van der Waals surface area contributed by atoms with Crippen molar-refractivity contribution in [2.45, 2.75) is 32.2 Å². The third kappa shape index (κ3) is 3.93. The largest absolute Gasteiger partial charge is 0.385 e. The van der Waals surface area contributed by atoms with Gasteiger partial charge in [-0.05, 0) is 24.0 Å². The maximum absolute atomic E-state index is 5.56. The Kier molecular flexibility index (Phi) is 6.08. The molecule has 16 heavy (non-hydrogen) atoms. The normalized spacial score (nSPS) is 12.7. The van der Waals surface area contributed by atoms with Gasteiger partial charge in [0.25, 0.3) is 0 Å². The van der Waals surface area contributed by atoms with Crippen molar-refractivity contribution in [3.8, 4) is 0 Å². The number of hydrogen-bond acceptors (Lipinski definition) is 3. The van der Waals surface area contributed by atoms with Crippen LogP contribution < -0.4 is 11.3 Å². The highest BCUT2D eigenvalue weighted by Gasteiger charge is 2.09. The lowest BCUT2D eigenvalue weighted by molar-refractivity contribution is 0.183. The summed E-state index contributed by atoms with van der Waals surface area (Å²) in [6, 6.07) is 8.77. The first-order valence-corrected chi connectivity index (χ1v) is 5.85. The molecule has 3 nitrogen and oxygen atoms in total. The molecular formula is C13H22N2O. The third-order valence-electron chi connectivity index (χ3n) is 2.70. The van der Waals surface area contributed by atoms with Crippen LogP contribution >= 0.6 is 0 Å². The van der Waals surface area contributed by atoms with Crippen molar-refractivity contribution in [3.05, 3.63) is 35.4 Å². The summed E-state index contributed by atoms with van der Waals surface area (Å²) >= 11 is 0. The highest BCUT2D eigenvalue weighted by atomic mass is 16.5. The quantitative estimate of drug-likeness (QED) is 0.549. The van der Waals surface area contributed by atoms with Crippen molar-refractivity contribution in [2.75, 3.05) is 13.7 Å². The van der Waals surface area contributed by atoms with E-state index < -0.39 is 0 Å². The summed E-state index contributed by atoms with van der Waals surface area (Å²) in [5.74, 6) is 5.56. The van der Waals surface area contributed by atoms with Crippen LogP contribution in [0, 0.1) is 0 Å². The van der Waals surface area contributed by atoms with Gasteiger partial charge in [0.05, 0.1) is 0 Å². The lowest BCUT2D eigenvalue weighted by Gasteiger charge is -2.16. The standard InChI is InChI=1S/C13H22N2O/c1-3-5-11-6-4-7-12(10-11)13(15-14)8-9-16-2/h4,6-7,10,13,15H,3,5,8-9,14H2,1-2H3. The van der Waals surface area contributed by atoms with E-state index in [1.54, 1.807) is 7.11 Å². The van der Waals surface area contributed by atoms with E-state index in [1.807, 2.05) is 0 Å². The molecule has 3 N–H and O–H groups in total. The van der Waals surface area contributed by atoms with E-state index >= 15 is 0 Å². The van der Waals surface area contributed by atoms with E-state index in [2.05, 4.69) is 36.6 Å². The first kappa shape index (κ1) is 13.2. The number of nitrogens with one attached hydrogen (secondary N) is 1. The average Bonchev–Trinajstić information content (AvgIpc) is 2.31. The smallest absolute Gasteiger partial charge is 0.0482 e. The Hall–Kier alpha value is -0.900. The average molecular weight is 222 g/mol. The van der Waals surface area contributed by atoms with Crippen LogP contribution in [0.3, 0.4) is 0 Å². The Morgan fingerprint density at radius 1 is 1.44 bits per heavy atom. The van der Waals surface area contributed by atoms with Crippen LogP contribution in [0.1, 0.15) is 36.9 Å². The van der Waals surface area contributed by atoms with Crippen LogP contribution in [-0.2, 0) is 11.2 Å². The van der Waals surface area contributed by atoms with Gasteiger partial charge in [0, 0.05) is 19.8 Å². The van der Waals surface area contributed by atoms with E-state index in [1.165, 1.54) is 17.5 Å². The number of ether oxygens (including phenoxy) is 1. The molecule has 0 aromatic heterocycles. The minimum atomic E-state index is 0.178. The van der Waals surface area contributed by atoms with E-state index in [-0.39, 0.29) is 6.04 Å². The molecule has 1 aromatic rings. The fourth-order valence-corrected chi connectivity index (χ4v) is 1.84. The number of hydrogen-bond donors (Lipinski definition) is 2. The number of methoxy groups -OCH3 is 1. The zero-order valence-electron chi connectivity index (χ0n) is 10.2. The zero-order chi connectivity index (χ0) is 11.8. The number of benzene rings is 1. The molecule has 0 aliphatic carbocycles. The van der Waals surface area contributed by atoms with Gasteiger partial charge in [0.1, 0.15) is 0 Å². The Morgan fingerprint density at radius 2 is 2.25 bits per heavy atom. The summed E-state index contributed by atoms with van der Waals surface area (Å²) in [7, 11) is 1.71. The van der Waals surface area contributed by atoms with Crippen LogP contribution in [0.2, 0.25) is 0 Å². The summed E-state index contributed by atoms with van der Waals surface area (Å²) in [5, 5.41) is 0. The van der Waals surface area contributed by atoms with Crippen molar-refractivity contribution in [1.29, 1.82) is 0 Å². The molecule has 0 spiro atoms. The molecule has 0 saturated heterocycles. The number of rotatable bonds is 7. The molecule has 1 unspecified atom stereocenters. The van der Waals surface area contributed by atoms with E-state index in [0.29, 0.717) is 6.61 Å². The molecule has 0 bridgehead atoms. The lowest BCUT2D eigenvalue weighted by Crippen LogP contribution is -2.28. The minimum Gasteiger partial charge on any atom is -0.385 e. The highest BCUT2D eigenvalue weighted by Crippen LogP contribution is 2.18. The van der Waals surface area contributed by atoms with Gasteiger partial charge in [-0.3, -0.25) is 11.3 Å². The van der Waals surface area contributed by atoms with Gasteiger partial charge in [-0.2, -0.15) is 0 Å². The Balaban J connectivity index is 2.71. The maximum Gasteiger partial charge on any atom is 0.0482 e. The molecule has 1 rings (SSSR count). The number of hydrazine groups is 1. The van der Waals surface area contributed by atoms with Crippen LogP contribution in [0.4, 0.5) is 0 Å². The molecule has 90 valence electrons. The number of nitrogens with two attached hydrogens (primary N) is 1. The second kappa shape index (κ2) is 7.39. The summed E-state index contributed by atoms with van der Waals surface area (Å²) in [5.41, 5.74) is 5.46. The third-order valence-corrected chi connectivity index (χ3v) is 2.70. The summed E-state index contributed by atoms with van der Waals surface area (Å²) in [4.78, 5) is 0. The molecule has 0 radical (unpaired) electrons. The van der Waals surface area contributed by atoms with Crippen molar-refractivity contribution in [1.82, 2.24) is 5.43 Å². The number of aryl methyl sites for hydroxylation is 1. The van der Waals surface area contributed by atoms with Gasteiger partial charge in [-0.1, -0.05) is 37.6 Å². The van der Waals surface area contributed by atoms with E-state index in [0.717, 1.165) is 12.8 Å².